The summed E-state index contributed by atoms with van der Waals surface area (Å²) in [5.41, 5.74) is 4.48. The maximum absolute atomic E-state index is 12.7. The Bertz CT molecular complexity index is 893. The van der Waals surface area contributed by atoms with Gasteiger partial charge in [0.05, 0.1) is 0 Å². The lowest BCUT2D eigenvalue weighted by Crippen LogP contribution is -2.37. The van der Waals surface area contributed by atoms with Crippen LogP contribution >= 0.6 is 0 Å². The molecule has 0 amide bonds. The molecule has 2 aromatic carbocycles. The van der Waals surface area contributed by atoms with Crippen molar-refractivity contribution in [2.75, 3.05) is 0 Å². The van der Waals surface area contributed by atoms with Gasteiger partial charge in [-0.1, -0.05) is 73.9 Å². The lowest BCUT2D eigenvalue weighted by atomic mass is 9.84. The first-order valence-electron chi connectivity index (χ1n) is 9.97. The highest BCUT2D eigenvalue weighted by Crippen LogP contribution is 2.32. The number of hydrogen-bond donors (Lipinski definition) is 0. The van der Waals surface area contributed by atoms with Crippen LogP contribution in [0.25, 0.3) is 11.1 Å². The second kappa shape index (κ2) is 8.30. The van der Waals surface area contributed by atoms with Gasteiger partial charge in [-0.3, -0.25) is 4.79 Å². The minimum atomic E-state index is 0.153. The molecule has 0 bridgehead atoms. The van der Waals surface area contributed by atoms with E-state index in [0.717, 1.165) is 16.7 Å². The van der Waals surface area contributed by atoms with Gasteiger partial charge in [0.15, 0.2) is 12.4 Å². The Morgan fingerprint density at radius 2 is 1.52 bits per heavy atom. The van der Waals surface area contributed by atoms with E-state index >= 15 is 0 Å². The summed E-state index contributed by atoms with van der Waals surface area (Å²) in [5, 5.41) is 0. The normalized spacial score (nSPS) is 14.8. The van der Waals surface area contributed by atoms with E-state index < -0.39 is 0 Å². The van der Waals surface area contributed by atoms with Crippen LogP contribution in [0.3, 0.4) is 0 Å². The molecule has 0 spiro atoms. The molecule has 0 radical (unpaired) electrons. The molecule has 0 unspecified atom stereocenters. The summed E-state index contributed by atoms with van der Waals surface area (Å²) in [6, 6.07) is 22.7. The minimum Gasteiger partial charge on any atom is -0.287 e. The van der Waals surface area contributed by atoms with Crippen LogP contribution in [0.15, 0.2) is 79.1 Å². The third-order valence-electron chi connectivity index (χ3n) is 5.60. The molecule has 0 saturated heterocycles. The predicted molar refractivity (Wildman–Crippen MR) is 109 cm³/mol. The van der Waals surface area contributed by atoms with Crippen molar-refractivity contribution in [3.63, 3.8) is 0 Å². The van der Waals surface area contributed by atoms with Crippen molar-refractivity contribution in [2.45, 2.75) is 44.6 Å². The number of rotatable bonds is 5. The fourth-order valence-corrected chi connectivity index (χ4v) is 4.06. The number of Topliss-reactive ketones (excluding diaryl/α,β-unsaturated/α-hetero) is 1. The van der Waals surface area contributed by atoms with E-state index in [1.165, 1.54) is 37.7 Å². The topological polar surface area (TPSA) is 20.9 Å². The highest BCUT2D eigenvalue weighted by atomic mass is 16.1. The van der Waals surface area contributed by atoms with Gasteiger partial charge >= 0.3 is 0 Å². The maximum atomic E-state index is 12.7. The molecule has 0 N–H and O–H groups in total. The monoisotopic (exact) mass is 356 g/mol. The molecule has 1 aliphatic carbocycles. The van der Waals surface area contributed by atoms with Gasteiger partial charge in [0.1, 0.15) is 0 Å². The standard InChI is InChI=1S/C25H26NO/c27-25(23-15-13-22(14-16-23)20-8-3-1-4-9-20)19-26-17-7-12-24(18-26)21-10-5-2-6-11-21/h2,5-7,10-18,20H,1,3-4,8-9,19H2/q+1. The van der Waals surface area contributed by atoms with Gasteiger partial charge < -0.3 is 0 Å². The van der Waals surface area contributed by atoms with Crippen LogP contribution in [0.5, 0.6) is 0 Å². The van der Waals surface area contributed by atoms with Crippen LogP contribution < -0.4 is 4.57 Å². The largest absolute Gasteiger partial charge is 0.287 e. The second-order valence-corrected chi connectivity index (χ2v) is 7.51. The minimum absolute atomic E-state index is 0.153. The zero-order chi connectivity index (χ0) is 18.5. The quantitative estimate of drug-likeness (QED) is 0.432. The van der Waals surface area contributed by atoms with Crippen LogP contribution in [0, 0.1) is 0 Å². The summed E-state index contributed by atoms with van der Waals surface area (Å²) < 4.78 is 1.97. The number of nitrogens with zero attached hydrogens (tertiary/aromatic N) is 1. The molecule has 0 atom stereocenters. The van der Waals surface area contributed by atoms with Gasteiger partial charge in [0.25, 0.3) is 0 Å². The Morgan fingerprint density at radius 1 is 0.815 bits per heavy atom. The van der Waals surface area contributed by atoms with Crippen LogP contribution in [0.1, 0.15) is 53.9 Å². The van der Waals surface area contributed by atoms with Crippen molar-refractivity contribution in [1.82, 2.24) is 0 Å². The third-order valence-corrected chi connectivity index (χ3v) is 5.60. The fraction of sp³-hybridized carbons (Fsp3) is 0.280. The van der Waals surface area contributed by atoms with Gasteiger partial charge in [-0.25, -0.2) is 0 Å². The Labute approximate surface area is 161 Å². The molecule has 1 fully saturated rings. The molecule has 0 aliphatic heterocycles. The molecule has 1 saturated carbocycles. The van der Waals surface area contributed by atoms with E-state index in [1.54, 1.807) is 0 Å². The third kappa shape index (κ3) is 4.33. The van der Waals surface area contributed by atoms with Crippen LogP contribution in [0.4, 0.5) is 0 Å². The van der Waals surface area contributed by atoms with Gasteiger partial charge in [0, 0.05) is 17.2 Å². The Hall–Kier alpha value is -2.74. The molecular formula is C25H26NO+. The Kier molecular flexibility index (Phi) is 5.43. The molecule has 136 valence electrons. The van der Waals surface area contributed by atoms with Gasteiger partial charge in [-0.05, 0) is 36.0 Å². The summed E-state index contributed by atoms with van der Waals surface area (Å²) in [6.45, 7) is 0.365. The first-order valence-corrected chi connectivity index (χ1v) is 9.97. The first kappa shape index (κ1) is 17.7. The summed E-state index contributed by atoms with van der Waals surface area (Å²) in [6.07, 6.45) is 10.6. The van der Waals surface area contributed by atoms with Crippen molar-refractivity contribution in [1.29, 1.82) is 0 Å². The second-order valence-electron chi connectivity index (χ2n) is 7.51. The molecule has 2 heteroatoms. The zero-order valence-corrected chi connectivity index (χ0v) is 15.7. The highest BCUT2D eigenvalue weighted by molar-refractivity contribution is 5.95. The smallest absolute Gasteiger partial charge is 0.227 e. The lowest BCUT2D eigenvalue weighted by Gasteiger charge is -2.21. The maximum Gasteiger partial charge on any atom is 0.227 e. The number of benzene rings is 2. The molecule has 1 heterocycles. The van der Waals surface area contributed by atoms with Gasteiger partial charge in [-0.15, -0.1) is 0 Å². The zero-order valence-electron chi connectivity index (χ0n) is 15.7. The summed E-state index contributed by atoms with van der Waals surface area (Å²) >= 11 is 0. The number of carbonyl (C=O) groups excluding carboxylic acids is 1. The average molecular weight is 356 g/mol. The Balaban J connectivity index is 1.46. The van der Waals surface area contributed by atoms with Crippen molar-refractivity contribution < 1.29 is 9.36 Å². The summed E-state index contributed by atoms with van der Waals surface area (Å²) in [4.78, 5) is 12.7. The van der Waals surface area contributed by atoms with E-state index in [0.29, 0.717) is 12.5 Å². The lowest BCUT2D eigenvalue weighted by molar-refractivity contribution is -0.682. The molecule has 2 nitrogen and oxygen atoms in total. The fourth-order valence-electron chi connectivity index (χ4n) is 4.06. The van der Waals surface area contributed by atoms with Gasteiger partial charge in [0.2, 0.25) is 12.3 Å². The highest BCUT2D eigenvalue weighted by Gasteiger charge is 2.17. The van der Waals surface area contributed by atoms with Gasteiger partial charge in [-0.2, -0.15) is 4.57 Å². The summed E-state index contributed by atoms with van der Waals surface area (Å²) in [7, 11) is 0. The van der Waals surface area contributed by atoms with E-state index in [9.17, 15) is 4.79 Å². The number of hydrogen-bond acceptors (Lipinski definition) is 1. The molecule has 3 aromatic rings. The molecule has 27 heavy (non-hydrogen) atoms. The van der Waals surface area contributed by atoms with E-state index in [1.807, 2.05) is 53.4 Å². The van der Waals surface area contributed by atoms with Crippen LogP contribution in [-0.2, 0) is 6.54 Å². The molecular weight excluding hydrogens is 330 g/mol. The summed E-state index contributed by atoms with van der Waals surface area (Å²) in [5.74, 6) is 0.834. The van der Waals surface area contributed by atoms with E-state index in [2.05, 4.69) is 30.3 Å². The van der Waals surface area contributed by atoms with Crippen molar-refractivity contribution in [3.8, 4) is 11.1 Å². The number of pyridine rings is 1. The molecule has 1 aromatic heterocycles. The average Bonchev–Trinajstić information content (AvgIpc) is 2.75. The van der Waals surface area contributed by atoms with Crippen molar-refractivity contribution in [3.05, 3.63) is 90.3 Å². The number of ketones is 1. The number of carbonyl (C=O) groups is 1. The SMILES string of the molecule is O=C(C[n+]1cccc(-c2ccccc2)c1)c1ccc(C2CCCCC2)cc1. The molecule has 1 aliphatic rings. The van der Waals surface area contributed by atoms with E-state index in [-0.39, 0.29) is 5.78 Å². The predicted octanol–water partition coefficient (Wildman–Crippen LogP) is 5.57. The van der Waals surface area contributed by atoms with Crippen molar-refractivity contribution >= 4 is 5.78 Å². The van der Waals surface area contributed by atoms with Crippen molar-refractivity contribution in [2.24, 2.45) is 0 Å². The molecule has 4 rings (SSSR count). The number of aromatic nitrogens is 1. The van der Waals surface area contributed by atoms with Crippen LogP contribution in [0.2, 0.25) is 0 Å². The van der Waals surface area contributed by atoms with Crippen LogP contribution in [-0.4, -0.2) is 5.78 Å². The Morgan fingerprint density at radius 3 is 2.26 bits per heavy atom. The first-order chi connectivity index (χ1) is 13.3. The van der Waals surface area contributed by atoms with E-state index in [4.69, 9.17) is 0 Å².